The molecule has 0 bridgehead atoms. The van der Waals surface area contributed by atoms with Crippen LogP contribution in [0.1, 0.15) is 19.8 Å². The number of hydrogen-bond donors (Lipinski definition) is 1. The maximum absolute atomic E-state index is 11.5. The van der Waals surface area contributed by atoms with Crippen LogP contribution in [0.5, 0.6) is 0 Å². The third-order valence-electron chi connectivity index (χ3n) is 1.60. The summed E-state index contributed by atoms with van der Waals surface area (Å²) in [7, 11) is -0.841. The average Bonchev–Trinajstić information content (AvgIpc) is 2.17. The van der Waals surface area contributed by atoms with Gasteiger partial charge in [0.2, 0.25) is 0 Å². The standard InChI is InChI=1S/C8H17O4P/c1-4-5-6-7-8(9)13(10,11-2)12-3/h6-9H,4-5H2,1-3H3/b7-6+/t8-/m1/s1. The maximum atomic E-state index is 11.5. The SMILES string of the molecule is CCC/C=C/[C@H](O)P(=O)(OC)OC. The van der Waals surface area contributed by atoms with Gasteiger partial charge in [-0.15, -0.1) is 0 Å². The van der Waals surface area contributed by atoms with Gasteiger partial charge in [0.25, 0.3) is 0 Å². The molecule has 1 N–H and O–H groups in total. The van der Waals surface area contributed by atoms with Gasteiger partial charge < -0.3 is 14.2 Å². The van der Waals surface area contributed by atoms with E-state index in [9.17, 15) is 9.67 Å². The number of allylic oxidation sites excluding steroid dienone is 1. The van der Waals surface area contributed by atoms with Crippen LogP contribution in [0.25, 0.3) is 0 Å². The van der Waals surface area contributed by atoms with Gasteiger partial charge >= 0.3 is 7.60 Å². The lowest BCUT2D eigenvalue weighted by molar-refractivity contribution is 0.200. The van der Waals surface area contributed by atoms with Crippen molar-refractivity contribution in [1.29, 1.82) is 0 Å². The molecule has 0 fully saturated rings. The molecule has 0 aromatic rings. The van der Waals surface area contributed by atoms with Gasteiger partial charge in [-0.05, 0) is 12.5 Å². The van der Waals surface area contributed by atoms with Gasteiger partial charge in [-0.1, -0.05) is 19.4 Å². The van der Waals surface area contributed by atoms with Crippen molar-refractivity contribution in [1.82, 2.24) is 0 Å². The third-order valence-corrected chi connectivity index (χ3v) is 3.43. The molecule has 0 spiro atoms. The van der Waals surface area contributed by atoms with Crippen molar-refractivity contribution in [3.8, 4) is 0 Å². The molecule has 1 atom stereocenters. The summed E-state index contributed by atoms with van der Waals surface area (Å²) in [5.74, 6) is -1.17. The minimum Gasteiger partial charge on any atom is -0.377 e. The highest BCUT2D eigenvalue weighted by Gasteiger charge is 2.29. The molecule has 0 aromatic carbocycles. The van der Waals surface area contributed by atoms with Gasteiger partial charge in [0.15, 0.2) is 5.85 Å². The molecule has 0 saturated heterocycles. The predicted molar refractivity (Wildman–Crippen MR) is 51.7 cm³/mol. The first-order chi connectivity index (χ1) is 6.10. The Kier molecular flexibility index (Phi) is 6.25. The van der Waals surface area contributed by atoms with Crippen LogP contribution in [-0.2, 0) is 13.6 Å². The quantitative estimate of drug-likeness (QED) is 0.536. The molecule has 0 rings (SSSR count). The molecule has 5 heteroatoms. The first-order valence-electron chi connectivity index (χ1n) is 4.16. The van der Waals surface area contributed by atoms with Crippen LogP contribution in [-0.4, -0.2) is 25.2 Å². The molecule has 78 valence electrons. The number of unbranched alkanes of at least 4 members (excludes halogenated alkanes) is 1. The molecule has 0 radical (unpaired) electrons. The topological polar surface area (TPSA) is 55.8 Å². The van der Waals surface area contributed by atoms with E-state index in [1.54, 1.807) is 6.08 Å². The van der Waals surface area contributed by atoms with Crippen molar-refractivity contribution >= 4 is 7.60 Å². The summed E-state index contributed by atoms with van der Waals surface area (Å²) in [5.41, 5.74) is 0. The van der Waals surface area contributed by atoms with Crippen LogP contribution >= 0.6 is 7.60 Å². The highest BCUT2D eigenvalue weighted by Crippen LogP contribution is 2.50. The van der Waals surface area contributed by atoms with Gasteiger partial charge in [-0.2, -0.15) is 0 Å². The minimum atomic E-state index is -3.34. The van der Waals surface area contributed by atoms with E-state index in [4.69, 9.17) is 0 Å². The number of hydrogen-bond acceptors (Lipinski definition) is 4. The second-order valence-electron chi connectivity index (χ2n) is 2.54. The predicted octanol–water partition coefficient (Wildman–Crippen LogP) is 2.15. The van der Waals surface area contributed by atoms with E-state index < -0.39 is 13.4 Å². The van der Waals surface area contributed by atoms with E-state index >= 15 is 0 Å². The number of rotatable bonds is 6. The summed E-state index contributed by atoms with van der Waals surface area (Å²) >= 11 is 0. The fourth-order valence-electron chi connectivity index (χ4n) is 0.781. The lowest BCUT2D eigenvalue weighted by Crippen LogP contribution is -2.06. The normalized spacial score (nSPS) is 15.1. The molecule has 0 aliphatic rings. The molecule has 0 heterocycles. The molecule has 0 aliphatic carbocycles. The largest absolute Gasteiger partial charge is 0.377 e. The van der Waals surface area contributed by atoms with Crippen LogP contribution in [0.4, 0.5) is 0 Å². The Bertz CT molecular complexity index is 194. The van der Waals surface area contributed by atoms with Crippen LogP contribution in [0.15, 0.2) is 12.2 Å². The molecular formula is C8H17O4P. The van der Waals surface area contributed by atoms with Crippen molar-refractivity contribution < 1.29 is 18.7 Å². The Balaban J connectivity index is 4.22. The lowest BCUT2D eigenvalue weighted by atomic mass is 10.3. The molecule has 0 unspecified atom stereocenters. The molecular weight excluding hydrogens is 191 g/mol. The monoisotopic (exact) mass is 208 g/mol. The van der Waals surface area contributed by atoms with Crippen molar-refractivity contribution in [2.24, 2.45) is 0 Å². The van der Waals surface area contributed by atoms with Gasteiger partial charge in [-0.25, -0.2) is 0 Å². The van der Waals surface area contributed by atoms with E-state index in [1.165, 1.54) is 20.3 Å². The maximum Gasteiger partial charge on any atom is 0.362 e. The van der Waals surface area contributed by atoms with Crippen molar-refractivity contribution in [2.45, 2.75) is 25.6 Å². The zero-order valence-electron chi connectivity index (χ0n) is 8.27. The molecule has 13 heavy (non-hydrogen) atoms. The van der Waals surface area contributed by atoms with E-state index in [1.807, 2.05) is 6.92 Å². The van der Waals surface area contributed by atoms with Crippen LogP contribution in [0.2, 0.25) is 0 Å². The van der Waals surface area contributed by atoms with Gasteiger partial charge in [0.05, 0.1) is 0 Å². The highest BCUT2D eigenvalue weighted by molar-refractivity contribution is 7.54. The second-order valence-corrected chi connectivity index (χ2v) is 4.87. The molecule has 0 aliphatic heterocycles. The van der Waals surface area contributed by atoms with E-state index in [2.05, 4.69) is 9.05 Å². The van der Waals surface area contributed by atoms with Crippen molar-refractivity contribution in [3.63, 3.8) is 0 Å². The fraction of sp³-hybridized carbons (Fsp3) is 0.750. The Morgan fingerprint density at radius 1 is 1.46 bits per heavy atom. The summed E-state index contributed by atoms with van der Waals surface area (Å²) in [5, 5.41) is 9.39. The summed E-state index contributed by atoms with van der Waals surface area (Å²) in [6, 6.07) is 0. The minimum absolute atomic E-state index is 0.838. The highest BCUT2D eigenvalue weighted by atomic mass is 31.2. The fourth-order valence-corrected chi connectivity index (χ4v) is 1.69. The van der Waals surface area contributed by atoms with Gasteiger partial charge in [0, 0.05) is 14.2 Å². The molecule has 0 aromatic heterocycles. The molecule has 0 saturated carbocycles. The van der Waals surface area contributed by atoms with Crippen molar-refractivity contribution in [3.05, 3.63) is 12.2 Å². The van der Waals surface area contributed by atoms with Gasteiger partial charge in [-0.3, -0.25) is 4.57 Å². The summed E-state index contributed by atoms with van der Waals surface area (Å²) < 4.78 is 20.7. The second kappa shape index (κ2) is 6.33. The van der Waals surface area contributed by atoms with E-state index in [-0.39, 0.29) is 0 Å². The lowest BCUT2D eigenvalue weighted by Gasteiger charge is -2.16. The Morgan fingerprint density at radius 3 is 2.38 bits per heavy atom. The van der Waals surface area contributed by atoms with Crippen LogP contribution < -0.4 is 0 Å². The zero-order valence-corrected chi connectivity index (χ0v) is 9.16. The van der Waals surface area contributed by atoms with Crippen molar-refractivity contribution in [2.75, 3.05) is 14.2 Å². The summed E-state index contributed by atoms with van der Waals surface area (Å²) in [4.78, 5) is 0. The van der Waals surface area contributed by atoms with E-state index in [0.29, 0.717) is 0 Å². The number of aliphatic hydroxyl groups excluding tert-OH is 1. The van der Waals surface area contributed by atoms with E-state index in [0.717, 1.165) is 12.8 Å². The van der Waals surface area contributed by atoms with Crippen LogP contribution in [0.3, 0.4) is 0 Å². The Hall–Kier alpha value is -0.150. The summed E-state index contributed by atoms with van der Waals surface area (Å²) in [6.07, 6.45) is 5.02. The molecule has 0 amide bonds. The third kappa shape index (κ3) is 4.05. The van der Waals surface area contributed by atoms with Gasteiger partial charge in [0.1, 0.15) is 0 Å². The average molecular weight is 208 g/mol. The first kappa shape index (κ1) is 12.8. The number of aliphatic hydroxyl groups is 1. The zero-order chi connectivity index (χ0) is 10.3. The summed E-state index contributed by atoms with van der Waals surface area (Å²) in [6.45, 7) is 2.02. The van der Waals surface area contributed by atoms with Crippen LogP contribution in [0, 0.1) is 0 Å². The molecule has 4 nitrogen and oxygen atoms in total. The Labute approximate surface area is 79.1 Å². The first-order valence-corrected chi connectivity index (χ1v) is 5.77. The Morgan fingerprint density at radius 2 is 2.00 bits per heavy atom. The smallest absolute Gasteiger partial charge is 0.362 e.